The first-order chi connectivity index (χ1) is 16.5. The molecule has 0 aliphatic rings. The zero-order valence-corrected chi connectivity index (χ0v) is 20.8. The molecule has 0 aliphatic heterocycles. The van der Waals surface area contributed by atoms with Crippen LogP contribution in [0.3, 0.4) is 0 Å². The van der Waals surface area contributed by atoms with Crippen LogP contribution in [0.1, 0.15) is 50.8 Å². The second kappa shape index (κ2) is 13.2. The van der Waals surface area contributed by atoms with Gasteiger partial charge in [-0.05, 0) is 61.6 Å². The van der Waals surface area contributed by atoms with Crippen LogP contribution in [-0.4, -0.2) is 37.4 Å². The number of hydrogen-bond donors (Lipinski definition) is 0. The Hall–Kier alpha value is -2.74. The van der Waals surface area contributed by atoms with Crippen molar-refractivity contribution in [3.05, 3.63) is 78.2 Å². The summed E-state index contributed by atoms with van der Waals surface area (Å²) in [6.45, 7) is 6.34. The fraction of sp³-hybridized carbons (Fsp3) is 0.370. The van der Waals surface area contributed by atoms with Crippen LogP contribution in [0.2, 0.25) is 0 Å². The quantitative estimate of drug-likeness (QED) is 0.257. The van der Waals surface area contributed by atoms with Crippen molar-refractivity contribution in [3.63, 3.8) is 0 Å². The van der Waals surface area contributed by atoms with Crippen LogP contribution in [0.4, 0.5) is 0 Å². The van der Waals surface area contributed by atoms with Gasteiger partial charge in [0.25, 0.3) is 0 Å². The first-order valence-electron chi connectivity index (χ1n) is 11.9. The lowest BCUT2D eigenvalue weighted by atomic mass is 10.2. The Morgan fingerprint density at radius 2 is 1.71 bits per heavy atom. The van der Waals surface area contributed by atoms with Crippen LogP contribution >= 0.6 is 0 Å². The highest BCUT2D eigenvalue weighted by molar-refractivity contribution is 7.89. The number of aromatic nitrogens is 1. The van der Waals surface area contributed by atoms with E-state index in [4.69, 9.17) is 9.15 Å². The average Bonchev–Trinajstić information content (AvgIpc) is 3.33. The van der Waals surface area contributed by atoms with Crippen LogP contribution in [0.25, 0.3) is 17.5 Å². The van der Waals surface area contributed by atoms with Crippen LogP contribution in [0.5, 0.6) is 0 Å². The number of ether oxygens (including phenoxy) is 1. The van der Waals surface area contributed by atoms with Gasteiger partial charge in [0.2, 0.25) is 15.9 Å². The molecule has 34 heavy (non-hydrogen) atoms. The van der Waals surface area contributed by atoms with E-state index in [1.807, 2.05) is 38.1 Å². The molecule has 3 rings (SSSR count). The molecule has 0 aliphatic carbocycles. The minimum Gasteiger partial charge on any atom is -0.444 e. The Morgan fingerprint density at radius 3 is 2.38 bits per heavy atom. The minimum atomic E-state index is -3.50. The molecule has 1 aromatic heterocycles. The van der Waals surface area contributed by atoms with Gasteiger partial charge in [-0.1, -0.05) is 50.3 Å². The van der Waals surface area contributed by atoms with Crippen molar-refractivity contribution in [3.8, 4) is 11.5 Å². The lowest BCUT2D eigenvalue weighted by molar-refractivity contribution is 0.119. The maximum Gasteiger partial charge on any atom is 0.243 e. The largest absolute Gasteiger partial charge is 0.444 e. The summed E-state index contributed by atoms with van der Waals surface area (Å²) in [5, 5.41) is 0. The minimum absolute atomic E-state index is 0.291. The van der Waals surface area contributed by atoms with Gasteiger partial charge in [-0.2, -0.15) is 4.31 Å². The fourth-order valence-electron chi connectivity index (χ4n) is 3.54. The predicted molar refractivity (Wildman–Crippen MR) is 136 cm³/mol. The van der Waals surface area contributed by atoms with Crippen molar-refractivity contribution >= 4 is 16.1 Å². The Labute approximate surface area is 203 Å². The van der Waals surface area contributed by atoms with E-state index in [-0.39, 0.29) is 0 Å². The normalized spacial score (nSPS) is 12.1. The molecule has 0 amide bonds. The van der Waals surface area contributed by atoms with Crippen molar-refractivity contribution in [1.82, 2.24) is 9.29 Å². The number of oxazole rings is 1. The third-order valence-electron chi connectivity index (χ3n) is 5.27. The maximum atomic E-state index is 12.9. The van der Waals surface area contributed by atoms with Crippen molar-refractivity contribution in [2.24, 2.45) is 0 Å². The molecule has 182 valence electrons. The highest BCUT2D eigenvalue weighted by Crippen LogP contribution is 2.23. The average molecular weight is 483 g/mol. The van der Waals surface area contributed by atoms with Gasteiger partial charge in [0.05, 0.1) is 11.5 Å². The summed E-state index contributed by atoms with van der Waals surface area (Å²) in [5.41, 5.74) is 2.65. The maximum absolute atomic E-state index is 12.9. The lowest BCUT2D eigenvalue weighted by Gasteiger charge is -2.21. The molecule has 0 spiro atoms. The van der Waals surface area contributed by atoms with Gasteiger partial charge in [0, 0.05) is 25.3 Å². The molecular weight excluding hydrogens is 448 g/mol. The van der Waals surface area contributed by atoms with Crippen molar-refractivity contribution in [1.29, 1.82) is 0 Å². The molecule has 6 nitrogen and oxygen atoms in total. The summed E-state index contributed by atoms with van der Waals surface area (Å²) in [5.74, 6) is 0.466. The smallest absolute Gasteiger partial charge is 0.243 e. The van der Waals surface area contributed by atoms with Crippen molar-refractivity contribution in [2.75, 3.05) is 19.7 Å². The second-order valence-corrected chi connectivity index (χ2v) is 10.0. The molecule has 2 aromatic carbocycles. The molecule has 7 heteroatoms. The number of benzene rings is 2. The zero-order valence-electron chi connectivity index (χ0n) is 20.0. The highest BCUT2D eigenvalue weighted by Gasteiger charge is 2.23. The van der Waals surface area contributed by atoms with Gasteiger partial charge < -0.3 is 9.15 Å². The van der Waals surface area contributed by atoms with Crippen molar-refractivity contribution in [2.45, 2.75) is 51.0 Å². The fourth-order valence-corrected chi connectivity index (χ4v) is 5.16. The van der Waals surface area contributed by atoms with E-state index in [2.05, 4.69) is 23.2 Å². The first kappa shape index (κ1) is 25.9. The second-order valence-electron chi connectivity index (χ2n) is 8.09. The van der Waals surface area contributed by atoms with Crippen molar-refractivity contribution < 1.29 is 17.6 Å². The summed E-state index contributed by atoms with van der Waals surface area (Å²) in [6, 6.07) is 16.9. The molecule has 0 unspecified atom stereocenters. The Morgan fingerprint density at radius 1 is 1.00 bits per heavy atom. The summed E-state index contributed by atoms with van der Waals surface area (Å²) < 4.78 is 38.7. The molecule has 0 N–H and O–H groups in total. The summed E-state index contributed by atoms with van der Waals surface area (Å²) in [7, 11) is -3.50. The predicted octanol–water partition coefficient (Wildman–Crippen LogP) is 6.16. The molecule has 0 radical (unpaired) electrons. The monoisotopic (exact) mass is 482 g/mol. The van der Waals surface area contributed by atoms with Crippen LogP contribution in [-0.2, 0) is 21.4 Å². The molecule has 0 atom stereocenters. The van der Waals surface area contributed by atoms with E-state index < -0.39 is 10.0 Å². The van der Waals surface area contributed by atoms with E-state index in [1.54, 1.807) is 34.8 Å². The van der Waals surface area contributed by atoms with Crippen LogP contribution in [0, 0.1) is 0 Å². The van der Waals surface area contributed by atoms with Gasteiger partial charge in [0.15, 0.2) is 0 Å². The van der Waals surface area contributed by atoms with E-state index in [0.717, 1.165) is 36.9 Å². The van der Waals surface area contributed by atoms with E-state index in [9.17, 15) is 8.42 Å². The van der Waals surface area contributed by atoms with Gasteiger partial charge in [-0.15, -0.1) is 0 Å². The summed E-state index contributed by atoms with van der Waals surface area (Å²) >= 11 is 0. The van der Waals surface area contributed by atoms with Crippen LogP contribution in [0.15, 0.2) is 76.2 Å². The number of sulfonamides is 1. The molecule has 3 aromatic rings. The Kier molecular flexibility index (Phi) is 10.1. The van der Waals surface area contributed by atoms with E-state index in [0.29, 0.717) is 37.1 Å². The number of hydrogen-bond acceptors (Lipinski definition) is 5. The third-order valence-corrected chi connectivity index (χ3v) is 7.18. The zero-order chi connectivity index (χ0) is 24.2. The summed E-state index contributed by atoms with van der Waals surface area (Å²) in [4.78, 5) is 4.79. The van der Waals surface area contributed by atoms with Crippen LogP contribution < -0.4 is 0 Å². The molecular formula is C27H34N2O4S. The standard InChI is InChI=1S/C27H34N2O4S/c1-3-18-29(19-4-2)34(30,31)26-16-14-24(15-17-26)27-28-25(22-33-27)13-9-6-10-20-32-21-23-11-7-5-8-12-23/h5,7-9,11-17,22H,3-4,6,10,18-21H2,1-2H3. The van der Waals surface area contributed by atoms with E-state index >= 15 is 0 Å². The van der Waals surface area contributed by atoms with Gasteiger partial charge in [0.1, 0.15) is 12.0 Å². The molecule has 0 saturated heterocycles. The highest BCUT2D eigenvalue weighted by atomic mass is 32.2. The van der Waals surface area contributed by atoms with E-state index in [1.165, 1.54) is 5.56 Å². The SMILES string of the molecule is CCCN(CCC)S(=O)(=O)c1ccc(-c2nc(C=CCCCOCc3ccccc3)co2)cc1. The first-order valence-corrected chi connectivity index (χ1v) is 13.3. The number of unbranched alkanes of at least 4 members (excludes halogenated alkanes) is 1. The van der Waals surface area contributed by atoms with Gasteiger partial charge in [-0.3, -0.25) is 0 Å². The third kappa shape index (κ3) is 7.38. The van der Waals surface area contributed by atoms with Gasteiger partial charge in [-0.25, -0.2) is 13.4 Å². The molecule has 0 bridgehead atoms. The Bertz CT molecular complexity index is 1120. The molecule has 1 heterocycles. The lowest BCUT2D eigenvalue weighted by Crippen LogP contribution is -2.32. The van der Waals surface area contributed by atoms with Gasteiger partial charge >= 0.3 is 0 Å². The molecule has 0 saturated carbocycles. The summed E-state index contributed by atoms with van der Waals surface area (Å²) in [6.07, 6.45) is 8.96. The molecule has 0 fully saturated rings. The Balaban J connectivity index is 1.50. The number of allylic oxidation sites excluding steroid dienone is 1. The topological polar surface area (TPSA) is 72.6 Å². The number of nitrogens with zero attached hydrogens (tertiary/aromatic N) is 2. The number of rotatable bonds is 14.